The molecular formula is C11H19N3O3S2. The Bertz CT molecular complexity index is 541. The summed E-state index contributed by atoms with van der Waals surface area (Å²) in [7, 11) is -3.35. The molecule has 0 aromatic carbocycles. The summed E-state index contributed by atoms with van der Waals surface area (Å²) >= 11 is 1.10. The number of nitrogens with two attached hydrogens (primary N) is 1. The number of nitrogen functional groups attached to an aromatic ring is 1. The molecule has 2 heterocycles. The van der Waals surface area contributed by atoms with Gasteiger partial charge in [0.15, 0.2) is 15.7 Å². The van der Waals surface area contributed by atoms with Gasteiger partial charge in [-0.05, 0) is 24.9 Å². The van der Waals surface area contributed by atoms with E-state index >= 15 is 0 Å². The van der Waals surface area contributed by atoms with Crippen LogP contribution in [0, 0.1) is 5.92 Å². The van der Waals surface area contributed by atoms with E-state index in [9.17, 15) is 8.42 Å². The molecule has 3 N–H and O–H groups in total. The Kier molecular flexibility index (Phi) is 4.32. The highest BCUT2D eigenvalue weighted by Crippen LogP contribution is 2.33. The lowest BCUT2D eigenvalue weighted by Gasteiger charge is -2.15. The maximum atomic E-state index is 12.0. The van der Waals surface area contributed by atoms with E-state index < -0.39 is 9.84 Å². The molecule has 8 heteroatoms. The number of sulfone groups is 1. The van der Waals surface area contributed by atoms with E-state index in [1.165, 1.54) is 0 Å². The maximum Gasteiger partial charge on any atom is 0.184 e. The van der Waals surface area contributed by atoms with Gasteiger partial charge in [-0.1, -0.05) is 6.92 Å². The zero-order chi connectivity index (χ0) is 14.0. The van der Waals surface area contributed by atoms with Crippen molar-refractivity contribution in [2.45, 2.75) is 31.3 Å². The topological polar surface area (TPSA) is 94.3 Å². The Hall–Kier alpha value is -0.860. The van der Waals surface area contributed by atoms with Crippen molar-refractivity contribution in [1.82, 2.24) is 4.37 Å². The van der Waals surface area contributed by atoms with Crippen LogP contribution in [0.3, 0.4) is 0 Å². The van der Waals surface area contributed by atoms with Gasteiger partial charge < -0.3 is 15.8 Å². The minimum absolute atomic E-state index is 0.0211. The van der Waals surface area contributed by atoms with E-state index in [1.807, 2.05) is 6.92 Å². The van der Waals surface area contributed by atoms with Crippen LogP contribution in [0.1, 0.15) is 20.3 Å². The van der Waals surface area contributed by atoms with Gasteiger partial charge in [0.05, 0.1) is 11.9 Å². The van der Waals surface area contributed by atoms with E-state index in [0.29, 0.717) is 17.5 Å². The fraction of sp³-hybridized carbons (Fsp3) is 0.727. The lowest BCUT2D eigenvalue weighted by atomic mass is 10.0. The van der Waals surface area contributed by atoms with Crippen LogP contribution >= 0.6 is 11.5 Å². The summed E-state index contributed by atoms with van der Waals surface area (Å²) in [6.07, 6.45) is 1.18. The third-order valence-electron chi connectivity index (χ3n) is 3.42. The lowest BCUT2D eigenvalue weighted by Crippen LogP contribution is -2.21. The predicted octanol–water partition coefficient (Wildman–Crippen LogP) is 1.36. The predicted molar refractivity (Wildman–Crippen MR) is 76.3 cm³/mol. The number of rotatable bonds is 5. The van der Waals surface area contributed by atoms with Crippen molar-refractivity contribution < 1.29 is 13.2 Å². The van der Waals surface area contributed by atoms with Crippen LogP contribution < -0.4 is 11.1 Å². The molecule has 108 valence electrons. The van der Waals surface area contributed by atoms with Crippen LogP contribution in [-0.4, -0.2) is 37.8 Å². The Morgan fingerprint density at radius 1 is 1.58 bits per heavy atom. The summed E-state index contributed by atoms with van der Waals surface area (Å²) in [5, 5.41) is 3.70. The van der Waals surface area contributed by atoms with Gasteiger partial charge in [0.25, 0.3) is 0 Å². The average Bonchev–Trinajstić information content (AvgIpc) is 2.93. The third-order valence-corrected chi connectivity index (χ3v) is 6.17. The number of aromatic nitrogens is 1. The number of nitrogens with zero attached hydrogens (tertiary/aromatic N) is 1. The highest BCUT2D eigenvalue weighted by molar-refractivity contribution is 7.91. The minimum Gasteiger partial charge on any atom is -0.382 e. The van der Waals surface area contributed by atoms with Gasteiger partial charge in [-0.3, -0.25) is 0 Å². The van der Waals surface area contributed by atoms with Gasteiger partial charge >= 0.3 is 0 Å². The Morgan fingerprint density at radius 2 is 2.32 bits per heavy atom. The second kappa shape index (κ2) is 5.64. The second-order valence-corrected chi connectivity index (χ2v) is 7.62. The molecule has 19 heavy (non-hydrogen) atoms. The Balaban J connectivity index is 2.13. The summed E-state index contributed by atoms with van der Waals surface area (Å²) in [5.41, 5.74) is 5.67. The number of hydrogen-bond donors (Lipinski definition) is 2. The quantitative estimate of drug-likeness (QED) is 0.853. The van der Waals surface area contributed by atoms with Gasteiger partial charge in [-0.25, -0.2) is 8.42 Å². The maximum absolute atomic E-state index is 12.0. The van der Waals surface area contributed by atoms with Gasteiger partial charge in [-0.15, -0.1) is 0 Å². The van der Waals surface area contributed by atoms with Crippen molar-refractivity contribution >= 4 is 32.2 Å². The summed E-state index contributed by atoms with van der Waals surface area (Å²) in [5.74, 6) is 0.498. The molecule has 0 bridgehead atoms. The lowest BCUT2D eigenvalue weighted by molar-refractivity contribution is 0.108. The van der Waals surface area contributed by atoms with Crippen LogP contribution in [0.15, 0.2) is 4.90 Å². The molecule has 2 atom stereocenters. The van der Waals surface area contributed by atoms with E-state index in [0.717, 1.165) is 24.6 Å². The monoisotopic (exact) mass is 305 g/mol. The summed E-state index contributed by atoms with van der Waals surface area (Å²) in [6, 6.07) is 0. The summed E-state index contributed by atoms with van der Waals surface area (Å²) in [4.78, 5) is 0.145. The fourth-order valence-electron chi connectivity index (χ4n) is 2.12. The minimum atomic E-state index is -3.35. The third kappa shape index (κ3) is 3.01. The Morgan fingerprint density at radius 3 is 2.89 bits per heavy atom. The smallest absolute Gasteiger partial charge is 0.184 e. The Labute approximate surface area is 117 Å². The van der Waals surface area contributed by atoms with Crippen molar-refractivity contribution in [3.05, 3.63) is 0 Å². The number of anilines is 2. The summed E-state index contributed by atoms with van der Waals surface area (Å²) in [6.45, 7) is 5.07. The molecular weight excluding hydrogens is 286 g/mol. The molecule has 1 fully saturated rings. The van der Waals surface area contributed by atoms with Crippen molar-refractivity contribution in [2.24, 2.45) is 5.92 Å². The molecule has 0 spiro atoms. The van der Waals surface area contributed by atoms with Crippen LogP contribution in [0.25, 0.3) is 0 Å². The molecule has 0 saturated carbocycles. The molecule has 6 nitrogen and oxygen atoms in total. The van der Waals surface area contributed by atoms with Gasteiger partial charge in [-0.2, -0.15) is 4.37 Å². The van der Waals surface area contributed by atoms with Crippen LogP contribution in [0.5, 0.6) is 0 Å². The molecule has 0 radical (unpaired) electrons. The van der Waals surface area contributed by atoms with Gasteiger partial charge in [0, 0.05) is 19.1 Å². The number of hydrogen-bond acceptors (Lipinski definition) is 7. The molecule has 0 amide bonds. The number of ether oxygens (including phenoxy) is 1. The van der Waals surface area contributed by atoms with Crippen molar-refractivity contribution in [1.29, 1.82) is 0 Å². The van der Waals surface area contributed by atoms with E-state index in [1.54, 1.807) is 6.92 Å². The molecule has 1 saturated heterocycles. The van der Waals surface area contributed by atoms with Gasteiger partial charge in [0.2, 0.25) is 0 Å². The zero-order valence-corrected chi connectivity index (χ0v) is 12.7. The highest BCUT2D eigenvalue weighted by Gasteiger charge is 2.27. The summed E-state index contributed by atoms with van der Waals surface area (Å²) < 4.78 is 33.4. The standard InChI is InChI=1S/C11H19N3O3S2/c1-3-19(15,16)9-10(12)14-18-11(9)13-6-8-4-5-17-7(8)2/h7-8,13H,3-6H2,1-2H3,(H2,12,14). The first kappa shape index (κ1) is 14.5. The number of nitrogens with one attached hydrogen (secondary N) is 1. The van der Waals surface area contributed by atoms with E-state index in [-0.39, 0.29) is 22.6 Å². The molecule has 2 rings (SSSR count). The average molecular weight is 305 g/mol. The van der Waals surface area contributed by atoms with Gasteiger partial charge in [0.1, 0.15) is 9.90 Å². The normalized spacial score (nSPS) is 23.7. The molecule has 1 aliphatic rings. The first-order valence-electron chi connectivity index (χ1n) is 6.29. The van der Waals surface area contributed by atoms with Crippen molar-refractivity contribution in [2.75, 3.05) is 30.0 Å². The SMILES string of the molecule is CCS(=O)(=O)c1c(N)nsc1NCC1CCOC1C. The highest BCUT2D eigenvalue weighted by atomic mass is 32.2. The largest absolute Gasteiger partial charge is 0.382 e. The van der Waals surface area contributed by atoms with Crippen molar-refractivity contribution in [3.63, 3.8) is 0 Å². The van der Waals surface area contributed by atoms with Crippen LogP contribution in [0.2, 0.25) is 0 Å². The molecule has 0 aliphatic carbocycles. The second-order valence-electron chi connectivity index (χ2n) is 4.64. The van der Waals surface area contributed by atoms with E-state index in [4.69, 9.17) is 10.5 Å². The molecule has 1 aliphatic heterocycles. The fourth-order valence-corrected chi connectivity index (χ4v) is 4.29. The zero-order valence-electron chi connectivity index (χ0n) is 11.0. The van der Waals surface area contributed by atoms with Crippen LogP contribution in [0.4, 0.5) is 10.8 Å². The molecule has 1 aromatic heterocycles. The van der Waals surface area contributed by atoms with Crippen molar-refractivity contribution in [3.8, 4) is 0 Å². The molecule has 1 aromatic rings. The first-order chi connectivity index (χ1) is 8.95. The van der Waals surface area contributed by atoms with E-state index in [2.05, 4.69) is 9.69 Å². The first-order valence-corrected chi connectivity index (χ1v) is 8.71. The molecule has 2 unspecified atom stereocenters. The van der Waals surface area contributed by atoms with Crippen LogP contribution in [-0.2, 0) is 14.6 Å².